The second kappa shape index (κ2) is 7.47. The van der Waals surface area contributed by atoms with Gasteiger partial charge < -0.3 is 14.6 Å². The number of nitrogens with zero attached hydrogens (tertiary/aromatic N) is 2. The summed E-state index contributed by atoms with van der Waals surface area (Å²) in [6, 6.07) is 3.44. The van der Waals surface area contributed by atoms with Crippen LogP contribution in [0.3, 0.4) is 0 Å². The zero-order chi connectivity index (χ0) is 17.9. The van der Waals surface area contributed by atoms with Gasteiger partial charge in [-0.2, -0.15) is 4.31 Å². The molecule has 11 heteroatoms. The van der Waals surface area contributed by atoms with Crippen molar-refractivity contribution in [1.29, 1.82) is 0 Å². The molecule has 1 aromatic rings. The van der Waals surface area contributed by atoms with Crippen molar-refractivity contribution >= 4 is 33.4 Å². The lowest BCUT2D eigenvalue weighted by molar-refractivity contribution is -0.388. The molecule has 1 aliphatic rings. The highest BCUT2D eigenvalue weighted by Crippen LogP contribution is 2.34. The number of benzene rings is 1. The topological polar surface area (TPSA) is 130 Å². The number of carbonyl (C=O) groups is 1. The minimum atomic E-state index is -3.87. The van der Waals surface area contributed by atoms with E-state index in [0.717, 1.165) is 17.8 Å². The maximum Gasteiger partial charge on any atom is 0.284 e. The van der Waals surface area contributed by atoms with E-state index in [2.05, 4.69) is 0 Å². The molecule has 1 saturated heterocycles. The summed E-state index contributed by atoms with van der Waals surface area (Å²) in [6.07, 6.45) is 0. The summed E-state index contributed by atoms with van der Waals surface area (Å²) < 4.78 is 31.4. The molecule has 0 bridgehead atoms. The SMILES string of the molecule is C[C@H](Sc1ccc(S(=O)(=O)N2CCOCC2)cc1[N+](=O)[O-])C(=O)[O-]. The Balaban J connectivity index is 2.37. The largest absolute Gasteiger partial charge is 0.549 e. The first-order valence-corrected chi connectivity index (χ1v) is 9.29. The van der Waals surface area contributed by atoms with Crippen LogP contribution in [-0.4, -0.2) is 55.2 Å². The molecule has 1 aliphatic heterocycles. The summed E-state index contributed by atoms with van der Waals surface area (Å²) in [6.45, 7) is 2.21. The lowest BCUT2D eigenvalue weighted by Gasteiger charge is -2.26. The molecule has 1 fully saturated rings. The van der Waals surface area contributed by atoms with E-state index in [4.69, 9.17) is 4.74 Å². The molecule has 0 radical (unpaired) electrons. The summed E-state index contributed by atoms with van der Waals surface area (Å²) in [7, 11) is -3.87. The molecule has 1 heterocycles. The fourth-order valence-corrected chi connectivity index (χ4v) is 4.38. The first-order chi connectivity index (χ1) is 11.2. The number of hydrogen-bond donors (Lipinski definition) is 0. The van der Waals surface area contributed by atoms with E-state index < -0.39 is 31.9 Å². The molecular weight excluding hydrogens is 360 g/mol. The monoisotopic (exact) mass is 375 g/mol. The van der Waals surface area contributed by atoms with E-state index in [0.29, 0.717) is 0 Å². The number of carbonyl (C=O) groups excluding carboxylic acids is 1. The standard InChI is InChI=1S/C13H16N2O7S2/c1-9(13(16)17)23-12-3-2-10(8-11(12)15(18)19)24(20,21)14-4-6-22-7-5-14/h2-3,8-9H,4-7H2,1H3,(H,16,17)/p-1/t9-/m0/s1. The van der Waals surface area contributed by atoms with Gasteiger partial charge in [-0.1, -0.05) is 0 Å². The van der Waals surface area contributed by atoms with Gasteiger partial charge in [0.25, 0.3) is 5.69 Å². The van der Waals surface area contributed by atoms with Crippen LogP contribution in [0, 0.1) is 10.1 Å². The third-order valence-electron chi connectivity index (χ3n) is 3.37. The third kappa shape index (κ3) is 4.04. The van der Waals surface area contributed by atoms with Gasteiger partial charge in [0.15, 0.2) is 0 Å². The molecule has 0 saturated carbocycles. The van der Waals surface area contributed by atoms with E-state index in [1.54, 1.807) is 0 Å². The number of carboxylic acids is 1. The summed E-state index contributed by atoms with van der Waals surface area (Å²) in [5.74, 6) is -1.36. The second-order valence-corrected chi connectivity index (χ2v) is 8.30. The number of morpholine rings is 1. The smallest absolute Gasteiger partial charge is 0.284 e. The van der Waals surface area contributed by atoms with Gasteiger partial charge >= 0.3 is 0 Å². The van der Waals surface area contributed by atoms with Crippen molar-refractivity contribution in [3.8, 4) is 0 Å². The summed E-state index contributed by atoms with van der Waals surface area (Å²) in [4.78, 5) is 21.2. The van der Waals surface area contributed by atoms with E-state index in [1.165, 1.54) is 23.4 Å². The Hall–Kier alpha value is -1.69. The molecule has 0 N–H and O–H groups in total. The van der Waals surface area contributed by atoms with Crippen molar-refractivity contribution in [1.82, 2.24) is 4.31 Å². The van der Waals surface area contributed by atoms with Crippen molar-refractivity contribution in [2.45, 2.75) is 22.0 Å². The van der Waals surface area contributed by atoms with Gasteiger partial charge in [-0.3, -0.25) is 10.1 Å². The summed E-state index contributed by atoms with van der Waals surface area (Å²) >= 11 is 0.729. The first-order valence-electron chi connectivity index (χ1n) is 6.97. The molecule has 24 heavy (non-hydrogen) atoms. The van der Waals surface area contributed by atoms with E-state index in [1.807, 2.05) is 0 Å². The van der Waals surface area contributed by atoms with E-state index in [-0.39, 0.29) is 36.1 Å². The molecule has 1 atom stereocenters. The van der Waals surface area contributed by atoms with Crippen LogP contribution in [0.25, 0.3) is 0 Å². The van der Waals surface area contributed by atoms with Gasteiger partial charge in [0.1, 0.15) is 0 Å². The number of aliphatic carboxylic acids is 1. The second-order valence-electron chi connectivity index (χ2n) is 4.98. The van der Waals surface area contributed by atoms with Crippen LogP contribution >= 0.6 is 11.8 Å². The maximum absolute atomic E-state index is 12.5. The van der Waals surface area contributed by atoms with Crippen LogP contribution in [0.15, 0.2) is 28.0 Å². The molecule has 0 amide bonds. The molecule has 0 unspecified atom stereocenters. The lowest BCUT2D eigenvalue weighted by atomic mass is 10.3. The average Bonchev–Trinajstić information content (AvgIpc) is 2.55. The zero-order valence-electron chi connectivity index (χ0n) is 12.7. The minimum absolute atomic E-state index is 0.0672. The fraction of sp³-hybridized carbons (Fsp3) is 0.462. The normalized spacial score (nSPS) is 17.4. The van der Waals surface area contributed by atoms with Crippen LogP contribution in [0.5, 0.6) is 0 Å². The number of nitro benzene ring substituents is 1. The Bertz CT molecular complexity index is 745. The van der Waals surface area contributed by atoms with Crippen LogP contribution in [0.1, 0.15) is 6.92 Å². The molecule has 0 aromatic heterocycles. The zero-order valence-corrected chi connectivity index (χ0v) is 14.3. The Morgan fingerprint density at radius 1 is 1.38 bits per heavy atom. The van der Waals surface area contributed by atoms with Gasteiger partial charge in [0, 0.05) is 24.4 Å². The van der Waals surface area contributed by atoms with Gasteiger partial charge in [-0.15, -0.1) is 11.8 Å². The Morgan fingerprint density at radius 3 is 2.54 bits per heavy atom. The van der Waals surface area contributed by atoms with Crippen LogP contribution < -0.4 is 5.11 Å². The predicted octanol–water partition coefficient (Wildman–Crippen LogP) is -0.154. The van der Waals surface area contributed by atoms with Gasteiger partial charge in [0.05, 0.1) is 33.9 Å². The Labute approximate surface area is 142 Å². The van der Waals surface area contributed by atoms with Crippen molar-refractivity contribution in [2.75, 3.05) is 26.3 Å². The van der Waals surface area contributed by atoms with Gasteiger partial charge in [0.2, 0.25) is 10.0 Å². The number of nitro groups is 1. The van der Waals surface area contributed by atoms with Gasteiger partial charge in [-0.05, 0) is 19.1 Å². The van der Waals surface area contributed by atoms with Crippen molar-refractivity contribution in [3.63, 3.8) is 0 Å². The highest BCUT2D eigenvalue weighted by Gasteiger charge is 2.29. The number of thioether (sulfide) groups is 1. The average molecular weight is 375 g/mol. The lowest BCUT2D eigenvalue weighted by Crippen LogP contribution is -2.40. The van der Waals surface area contributed by atoms with Crippen LogP contribution in [0.4, 0.5) is 5.69 Å². The highest BCUT2D eigenvalue weighted by molar-refractivity contribution is 8.00. The number of sulfonamides is 1. The molecule has 9 nitrogen and oxygen atoms in total. The Morgan fingerprint density at radius 2 is 2.00 bits per heavy atom. The van der Waals surface area contributed by atoms with Crippen molar-refractivity contribution < 1.29 is 28.0 Å². The molecule has 2 rings (SSSR count). The molecule has 0 aliphatic carbocycles. The Kier molecular flexibility index (Phi) is 5.80. The number of rotatable bonds is 6. The predicted molar refractivity (Wildman–Crippen MR) is 83.0 cm³/mol. The quantitative estimate of drug-likeness (QED) is 0.381. The number of hydrogen-bond acceptors (Lipinski definition) is 8. The third-order valence-corrected chi connectivity index (χ3v) is 6.41. The first kappa shape index (κ1) is 18.6. The summed E-state index contributed by atoms with van der Waals surface area (Å²) in [5, 5.41) is 21.0. The van der Waals surface area contributed by atoms with E-state index in [9.17, 15) is 28.4 Å². The van der Waals surface area contributed by atoms with Crippen LogP contribution in [0.2, 0.25) is 0 Å². The van der Waals surface area contributed by atoms with E-state index >= 15 is 0 Å². The molecular formula is C13H15N2O7S2-. The molecule has 0 spiro atoms. The van der Waals surface area contributed by atoms with Crippen molar-refractivity contribution in [2.24, 2.45) is 0 Å². The molecule has 1 aromatic carbocycles. The number of carboxylic acid groups (broad SMARTS) is 1. The number of ether oxygens (including phenoxy) is 1. The highest BCUT2D eigenvalue weighted by atomic mass is 32.2. The van der Waals surface area contributed by atoms with Crippen molar-refractivity contribution in [3.05, 3.63) is 28.3 Å². The molecule has 132 valence electrons. The minimum Gasteiger partial charge on any atom is -0.549 e. The summed E-state index contributed by atoms with van der Waals surface area (Å²) in [5.41, 5.74) is -0.456. The van der Waals surface area contributed by atoms with Crippen LogP contribution in [-0.2, 0) is 19.6 Å². The van der Waals surface area contributed by atoms with Gasteiger partial charge in [-0.25, -0.2) is 8.42 Å². The fourth-order valence-electron chi connectivity index (χ4n) is 2.07. The maximum atomic E-state index is 12.5.